The van der Waals surface area contributed by atoms with Crippen molar-refractivity contribution in [3.8, 4) is 5.75 Å². The normalized spacial score (nSPS) is 10.7. The van der Waals surface area contributed by atoms with Crippen molar-refractivity contribution in [2.24, 2.45) is 0 Å². The van der Waals surface area contributed by atoms with Crippen molar-refractivity contribution < 1.29 is 9.53 Å². The van der Waals surface area contributed by atoms with Gasteiger partial charge in [0.2, 0.25) is 0 Å². The largest absolute Gasteiger partial charge is 0.486 e. The highest BCUT2D eigenvalue weighted by atomic mass is 16.5. The predicted molar refractivity (Wildman–Crippen MR) is 85.9 cm³/mol. The zero-order valence-corrected chi connectivity index (χ0v) is 12.9. The van der Waals surface area contributed by atoms with E-state index in [-0.39, 0.29) is 12.4 Å². The van der Waals surface area contributed by atoms with Crippen LogP contribution >= 0.6 is 0 Å². The van der Waals surface area contributed by atoms with Gasteiger partial charge in [0, 0.05) is 6.42 Å². The SMILES string of the molecule is Cc1cc(OCC(=O)Cc2ccccc2)cc(C(C)C)c1. The Balaban J connectivity index is 1.95. The number of aryl methyl sites for hydroxylation is 1. The van der Waals surface area contributed by atoms with Crippen molar-refractivity contribution in [2.75, 3.05) is 6.61 Å². The summed E-state index contributed by atoms with van der Waals surface area (Å²) in [7, 11) is 0. The summed E-state index contributed by atoms with van der Waals surface area (Å²) >= 11 is 0. The third-order valence-electron chi connectivity index (χ3n) is 3.38. The molecule has 2 heteroatoms. The van der Waals surface area contributed by atoms with Gasteiger partial charge in [0.05, 0.1) is 0 Å². The highest BCUT2D eigenvalue weighted by Gasteiger charge is 2.07. The van der Waals surface area contributed by atoms with Gasteiger partial charge >= 0.3 is 0 Å². The maximum absolute atomic E-state index is 12.0. The Bertz CT molecular complexity index is 600. The molecule has 0 aliphatic rings. The van der Waals surface area contributed by atoms with Crippen LogP contribution in [0.1, 0.15) is 36.5 Å². The Labute approximate surface area is 126 Å². The number of Topliss-reactive ketones (excluding diaryl/α,β-unsaturated/α-hetero) is 1. The summed E-state index contributed by atoms with van der Waals surface area (Å²) in [5.74, 6) is 1.32. The van der Waals surface area contributed by atoms with Crippen LogP contribution in [-0.4, -0.2) is 12.4 Å². The fourth-order valence-electron chi connectivity index (χ4n) is 2.23. The average molecular weight is 282 g/mol. The van der Waals surface area contributed by atoms with E-state index in [4.69, 9.17) is 4.74 Å². The second kappa shape index (κ2) is 7.07. The zero-order chi connectivity index (χ0) is 15.2. The lowest BCUT2D eigenvalue weighted by Crippen LogP contribution is -2.14. The molecule has 0 N–H and O–H groups in total. The molecule has 2 aromatic carbocycles. The molecule has 0 saturated carbocycles. The summed E-state index contributed by atoms with van der Waals surface area (Å²) in [6.45, 7) is 6.47. The maximum atomic E-state index is 12.0. The molecule has 2 aromatic rings. The Morgan fingerprint density at radius 3 is 2.48 bits per heavy atom. The van der Waals surface area contributed by atoms with E-state index in [9.17, 15) is 4.79 Å². The summed E-state index contributed by atoms with van der Waals surface area (Å²) < 4.78 is 5.66. The third-order valence-corrected chi connectivity index (χ3v) is 3.38. The summed E-state index contributed by atoms with van der Waals surface area (Å²) in [5.41, 5.74) is 3.42. The molecule has 0 amide bonds. The molecular weight excluding hydrogens is 260 g/mol. The predicted octanol–water partition coefficient (Wildman–Crippen LogP) is 4.31. The molecule has 0 saturated heterocycles. The summed E-state index contributed by atoms with van der Waals surface area (Å²) in [5, 5.41) is 0. The fraction of sp³-hybridized carbons (Fsp3) is 0.316. The standard InChI is InChI=1S/C19H22O2/c1-14(2)17-9-15(3)10-19(12-17)21-13-18(20)11-16-7-5-4-6-8-16/h4-10,12,14H,11,13H2,1-3H3. The van der Waals surface area contributed by atoms with Crippen LogP contribution in [-0.2, 0) is 11.2 Å². The van der Waals surface area contributed by atoms with Crippen LogP contribution in [0, 0.1) is 6.92 Å². The fourth-order valence-corrected chi connectivity index (χ4v) is 2.23. The lowest BCUT2D eigenvalue weighted by atomic mass is 10.0. The van der Waals surface area contributed by atoms with Gasteiger partial charge in [-0.15, -0.1) is 0 Å². The first-order valence-corrected chi connectivity index (χ1v) is 7.34. The van der Waals surface area contributed by atoms with Gasteiger partial charge in [-0.25, -0.2) is 0 Å². The lowest BCUT2D eigenvalue weighted by Gasteiger charge is -2.11. The van der Waals surface area contributed by atoms with Gasteiger partial charge in [0.1, 0.15) is 12.4 Å². The number of hydrogen-bond acceptors (Lipinski definition) is 2. The first kappa shape index (κ1) is 15.3. The smallest absolute Gasteiger partial charge is 0.174 e. The molecule has 2 rings (SSSR count). The van der Waals surface area contributed by atoms with E-state index in [1.165, 1.54) is 5.56 Å². The first-order chi connectivity index (χ1) is 10.0. The number of ketones is 1. The monoisotopic (exact) mass is 282 g/mol. The second-order valence-electron chi connectivity index (χ2n) is 5.72. The molecule has 21 heavy (non-hydrogen) atoms. The third kappa shape index (κ3) is 4.75. The number of benzene rings is 2. The first-order valence-electron chi connectivity index (χ1n) is 7.34. The summed E-state index contributed by atoms with van der Waals surface area (Å²) in [4.78, 5) is 12.0. The maximum Gasteiger partial charge on any atom is 0.174 e. The Hall–Kier alpha value is -2.09. The molecule has 0 heterocycles. The van der Waals surface area contributed by atoms with E-state index >= 15 is 0 Å². The molecule has 0 aliphatic carbocycles. The quantitative estimate of drug-likeness (QED) is 0.789. The van der Waals surface area contributed by atoms with Gasteiger partial charge in [0.25, 0.3) is 0 Å². The Kier molecular flexibility index (Phi) is 5.15. The van der Waals surface area contributed by atoms with E-state index < -0.39 is 0 Å². The van der Waals surface area contributed by atoms with Crippen LogP contribution in [0.5, 0.6) is 5.75 Å². The molecule has 0 spiro atoms. The molecule has 0 radical (unpaired) electrons. The number of carbonyl (C=O) groups is 1. The molecule has 0 unspecified atom stereocenters. The second-order valence-corrected chi connectivity index (χ2v) is 5.72. The summed E-state index contributed by atoms with van der Waals surface area (Å²) in [6, 6.07) is 15.9. The van der Waals surface area contributed by atoms with Gasteiger partial charge in [-0.05, 0) is 41.7 Å². The minimum absolute atomic E-state index is 0.0915. The van der Waals surface area contributed by atoms with E-state index in [0.717, 1.165) is 16.9 Å². The Morgan fingerprint density at radius 2 is 1.81 bits per heavy atom. The van der Waals surface area contributed by atoms with Gasteiger partial charge in [-0.3, -0.25) is 4.79 Å². The zero-order valence-electron chi connectivity index (χ0n) is 12.9. The number of carbonyl (C=O) groups excluding carboxylic acids is 1. The van der Waals surface area contributed by atoms with E-state index in [1.807, 2.05) is 49.4 Å². The summed E-state index contributed by atoms with van der Waals surface area (Å²) in [6.07, 6.45) is 0.420. The van der Waals surface area contributed by atoms with Crippen molar-refractivity contribution >= 4 is 5.78 Å². The highest BCUT2D eigenvalue weighted by Crippen LogP contribution is 2.22. The average Bonchev–Trinajstić information content (AvgIpc) is 2.45. The minimum Gasteiger partial charge on any atom is -0.486 e. The van der Waals surface area contributed by atoms with Crippen LogP contribution in [0.25, 0.3) is 0 Å². The van der Waals surface area contributed by atoms with Crippen LogP contribution in [0.4, 0.5) is 0 Å². The van der Waals surface area contributed by atoms with Crippen LogP contribution < -0.4 is 4.74 Å². The van der Waals surface area contributed by atoms with Crippen molar-refractivity contribution in [3.63, 3.8) is 0 Å². The van der Waals surface area contributed by atoms with Crippen molar-refractivity contribution in [3.05, 3.63) is 65.2 Å². The number of rotatable bonds is 6. The van der Waals surface area contributed by atoms with Crippen molar-refractivity contribution in [2.45, 2.75) is 33.1 Å². The van der Waals surface area contributed by atoms with Crippen molar-refractivity contribution in [1.82, 2.24) is 0 Å². The van der Waals surface area contributed by atoms with Gasteiger partial charge in [-0.2, -0.15) is 0 Å². The van der Waals surface area contributed by atoms with Crippen LogP contribution in [0.3, 0.4) is 0 Å². The minimum atomic E-state index is 0.0915. The Morgan fingerprint density at radius 1 is 1.10 bits per heavy atom. The van der Waals surface area contributed by atoms with E-state index in [2.05, 4.69) is 19.9 Å². The lowest BCUT2D eigenvalue weighted by molar-refractivity contribution is -0.120. The molecule has 0 aliphatic heterocycles. The van der Waals surface area contributed by atoms with Gasteiger partial charge < -0.3 is 4.74 Å². The molecule has 2 nitrogen and oxygen atoms in total. The van der Waals surface area contributed by atoms with E-state index in [0.29, 0.717) is 12.3 Å². The van der Waals surface area contributed by atoms with E-state index in [1.54, 1.807) is 0 Å². The molecule has 0 aromatic heterocycles. The van der Waals surface area contributed by atoms with Crippen LogP contribution in [0.2, 0.25) is 0 Å². The number of hydrogen-bond donors (Lipinski definition) is 0. The topological polar surface area (TPSA) is 26.3 Å². The molecular formula is C19H22O2. The molecule has 0 bridgehead atoms. The molecule has 110 valence electrons. The van der Waals surface area contributed by atoms with Crippen LogP contribution in [0.15, 0.2) is 48.5 Å². The molecule has 0 atom stereocenters. The van der Waals surface area contributed by atoms with Gasteiger partial charge in [-0.1, -0.05) is 50.2 Å². The van der Waals surface area contributed by atoms with Crippen molar-refractivity contribution in [1.29, 1.82) is 0 Å². The van der Waals surface area contributed by atoms with Gasteiger partial charge in [0.15, 0.2) is 5.78 Å². The highest BCUT2D eigenvalue weighted by molar-refractivity contribution is 5.82. The number of ether oxygens (including phenoxy) is 1. The molecule has 0 fully saturated rings.